The second kappa shape index (κ2) is 24.6. The lowest BCUT2D eigenvalue weighted by molar-refractivity contribution is 0.529. The fourth-order valence-electron chi connectivity index (χ4n) is 14.3. The highest BCUT2D eigenvalue weighted by molar-refractivity contribution is 7.25. The molecule has 2 aromatic heterocycles. The van der Waals surface area contributed by atoms with Crippen molar-refractivity contribution in [3.8, 4) is 39.1 Å². The van der Waals surface area contributed by atoms with E-state index in [1.54, 1.807) is 5.57 Å². The van der Waals surface area contributed by atoms with Crippen molar-refractivity contribution >= 4 is 64.5 Å². The summed E-state index contributed by atoms with van der Waals surface area (Å²) in [6.07, 6.45) is 45.2. The highest BCUT2D eigenvalue weighted by Crippen LogP contribution is 2.46. The van der Waals surface area contributed by atoms with E-state index >= 15 is 0 Å². The number of thiophene rings is 1. The van der Waals surface area contributed by atoms with Crippen molar-refractivity contribution in [2.24, 2.45) is 29.2 Å². The largest absolute Gasteiger partial charge is 0.324 e. The molecule has 0 spiro atoms. The molecule has 4 N–H and O–H groups in total. The molecule has 0 amide bonds. The van der Waals surface area contributed by atoms with Crippen molar-refractivity contribution in [2.45, 2.75) is 122 Å². The van der Waals surface area contributed by atoms with Gasteiger partial charge in [-0.3, -0.25) is 0 Å². The first kappa shape index (κ1) is 53.9. The summed E-state index contributed by atoms with van der Waals surface area (Å²) in [4.78, 5) is 0. The first-order chi connectivity index (χ1) is 40.4. The highest BCUT2D eigenvalue weighted by Gasteiger charge is 2.27. The Kier molecular flexibility index (Phi) is 16.2. The lowest BCUT2D eigenvalue weighted by Crippen LogP contribution is -2.16. The van der Waals surface area contributed by atoms with Crippen LogP contribution in [0.3, 0.4) is 0 Å². The Morgan fingerprint density at radius 2 is 1.06 bits per heavy atom. The third-order valence-corrected chi connectivity index (χ3v) is 19.9. The van der Waals surface area contributed by atoms with Crippen molar-refractivity contribution < 1.29 is 0 Å². The smallest absolute Gasteiger partial charge is 0.0541 e. The van der Waals surface area contributed by atoms with Crippen LogP contribution >= 0.6 is 11.3 Å². The monoisotopic (exact) mass is 1090 g/mol. The van der Waals surface area contributed by atoms with Gasteiger partial charge in [-0.2, -0.15) is 0 Å². The van der Waals surface area contributed by atoms with Crippen LogP contribution in [0.1, 0.15) is 132 Å². The lowest BCUT2D eigenvalue weighted by Gasteiger charge is -2.28. The SMILES string of the molecule is CC1CCCCCCC(N)/C=C\C=C/1c1ccccc1-c1ccc2c(c1)c1cc(-c3ccccc3C3=CC=CC=C4CCCCC43)ccc1n2-c1ccc2sc3ccc(-c4ccccc4C(N)/C=C\C=C/C4CCCCCC4)cc3c2c1. The Balaban J connectivity index is 0.933. The number of hydrogen-bond donors (Lipinski definition) is 2. The molecule has 9 aromatic rings. The highest BCUT2D eigenvalue weighted by atomic mass is 32.1. The van der Waals surface area contributed by atoms with Gasteiger partial charge in [-0.1, -0.05) is 228 Å². The number of aromatic nitrogens is 1. The fraction of sp³-hybridized carbons (Fsp3) is 0.282. The average Bonchev–Trinajstić information content (AvgIpc) is 4.05. The summed E-state index contributed by atoms with van der Waals surface area (Å²) in [6.45, 7) is 2.42. The second-order valence-corrected chi connectivity index (χ2v) is 25.2. The normalized spacial score (nSPS) is 21.2. The molecule has 4 aliphatic rings. The van der Waals surface area contributed by atoms with Gasteiger partial charge in [0, 0.05) is 54.6 Å². The summed E-state index contributed by atoms with van der Waals surface area (Å²) in [5.41, 5.74) is 32.8. The minimum Gasteiger partial charge on any atom is -0.324 e. The predicted molar refractivity (Wildman–Crippen MR) is 355 cm³/mol. The Labute approximate surface area is 490 Å². The van der Waals surface area contributed by atoms with Crippen LogP contribution in [0.5, 0.6) is 0 Å². The zero-order chi connectivity index (χ0) is 55.4. The van der Waals surface area contributed by atoms with Crippen LogP contribution in [0, 0.1) is 17.8 Å². The molecular weight excluding hydrogens is 1010 g/mol. The zero-order valence-corrected chi connectivity index (χ0v) is 48.7. The number of allylic oxidation sites excluding steroid dienone is 12. The number of hydrogen-bond acceptors (Lipinski definition) is 3. The van der Waals surface area contributed by atoms with Gasteiger partial charge in [0.25, 0.3) is 0 Å². The van der Waals surface area contributed by atoms with E-state index in [1.165, 1.54) is 194 Å². The van der Waals surface area contributed by atoms with E-state index < -0.39 is 0 Å². The molecule has 2 saturated carbocycles. The van der Waals surface area contributed by atoms with Crippen molar-refractivity contribution in [3.63, 3.8) is 0 Å². The van der Waals surface area contributed by atoms with Gasteiger partial charge in [0.05, 0.1) is 11.0 Å². The Morgan fingerprint density at radius 1 is 0.500 bits per heavy atom. The van der Waals surface area contributed by atoms with Crippen LogP contribution in [0.2, 0.25) is 0 Å². The van der Waals surface area contributed by atoms with Gasteiger partial charge < -0.3 is 16.0 Å². The van der Waals surface area contributed by atoms with Crippen LogP contribution in [-0.4, -0.2) is 10.6 Å². The predicted octanol–water partition coefficient (Wildman–Crippen LogP) is 21.6. The average molecular weight is 1090 g/mol. The molecule has 3 nitrogen and oxygen atoms in total. The summed E-state index contributed by atoms with van der Waals surface area (Å²) in [6, 6.07) is 55.5. The molecule has 0 aliphatic heterocycles. The van der Waals surface area contributed by atoms with E-state index in [4.69, 9.17) is 11.5 Å². The maximum atomic E-state index is 7.02. The second-order valence-electron chi connectivity index (χ2n) is 24.1. The minimum atomic E-state index is -0.218. The van der Waals surface area contributed by atoms with Gasteiger partial charge >= 0.3 is 0 Å². The molecule has 13 rings (SSSR count). The molecule has 2 fully saturated rings. The van der Waals surface area contributed by atoms with E-state index in [2.05, 4.69) is 224 Å². The van der Waals surface area contributed by atoms with Gasteiger partial charge in [-0.05, 0) is 173 Å². The topological polar surface area (TPSA) is 57.0 Å². The fourth-order valence-corrected chi connectivity index (χ4v) is 15.4. The van der Waals surface area contributed by atoms with Crippen LogP contribution < -0.4 is 11.5 Å². The maximum absolute atomic E-state index is 7.02. The van der Waals surface area contributed by atoms with E-state index in [0.717, 1.165) is 17.7 Å². The molecule has 4 aliphatic carbocycles. The van der Waals surface area contributed by atoms with E-state index in [1.807, 2.05) is 11.3 Å². The van der Waals surface area contributed by atoms with Gasteiger partial charge in [-0.15, -0.1) is 11.3 Å². The van der Waals surface area contributed by atoms with Crippen LogP contribution in [0.4, 0.5) is 0 Å². The standard InChI is InChI=1S/C78H79N3S/c1-53-23-6-2-5-9-29-59(79)30-22-39-61(53)66-35-18-15-32-63(66)56-41-45-75-70(49-56)71-50-57(64-33-16-19-37-68(64)67-36-14-12-28-55-27-11-13-31-62(55)67)42-46-76(71)81(75)60-44-48-78-73(52-60)72-51-58(43-47-77(72)82-78)65-34-17-20-38-69(65)74(80)40-21-10-26-54-24-7-3-4-8-25-54/h10,12,14-22,26,28,30,32-54,59,62,74H,2-9,11,13,23-25,27,29,31,79-80H2,1H3/b26-10-,30-22-,40-21-,61-39+. The molecule has 4 atom stereocenters. The maximum Gasteiger partial charge on any atom is 0.0541 e. The number of rotatable bonds is 10. The lowest BCUT2D eigenvalue weighted by atomic mass is 9.76. The van der Waals surface area contributed by atoms with Crippen molar-refractivity contribution in [2.75, 3.05) is 0 Å². The van der Waals surface area contributed by atoms with Gasteiger partial charge in [0.2, 0.25) is 0 Å². The van der Waals surface area contributed by atoms with E-state index in [9.17, 15) is 0 Å². The molecule has 2 heterocycles. The Hall–Kier alpha value is -7.34. The first-order valence-electron chi connectivity index (χ1n) is 31.1. The van der Waals surface area contributed by atoms with Gasteiger partial charge in [-0.25, -0.2) is 0 Å². The van der Waals surface area contributed by atoms with Crippen molar-refractivity contribution in [1.82, 2.24) is 4.57 Å². The number of nitrogens with two attached hydrogens (primary N) is 2. The van der Waals surface area contributed by atoms with E-state index in [0.29, 0.717) is 17.8 Å². The quantitative estimate of drug-likeness (QED) is 0.106. The molecule has 0 radical (unpaired) electrons. The number of fused-ring (bicyclic) bond motifs is 7. The van der Waals surface area contributed by atoms with Gasteiger partial charge in [0.1, 0.15) is 0 Å². The van der Waals surface area contributed by atoms with Crippen molar-refractivity contribution in [3.05, 3.63) is 235 Å². The molecule has 412 valence electrons. The van der Waals surface area contributed by atoms with Crippen LogP contribution in [0.25, 0.3) is 92.2 Å². The van der Waals surface area contributed by atoms with Crippen LogP contribution in [-0.2, 0) is 0 Å². The first-order valence-corrected chi connectivity index (χ1v) is 31.9. The summed E-state index contributed by atoms with van der Waals surface area (Å²) in [7, 11) is 0. The number of benzene rings is 7. The molecule has 0 saturated heterocycles. The minimum absolute atomic E-state index is 0.0839. The van der Waals surface area contributed by atoms with E-state index in [-0.39, 0.29) is 12.1 Å². The molecular formula is C78H79N3S. The summed E-state index contributed by atoms with van der Waals surface area (Å²) >= 11 is 1.88. The van der Waals surface area contributed by atoms with Crippen molar-refractivity contribution in [1.29, 1.82) is 0 Å². The third kappa shape index (κ3) is 11.2. The Bertz CT molecular complexity index is 4020. The molecule has 4 heteroatoms. The molecule has 7 aromatic carbocycles. The third-order valence-electron chi connectivity index (χ3n) is 18.7. The summed E-state index contributed by atoms with van der Waals surface area (Å²) in [5.74, 6) is 1.53. The summed E-state index contributed by atoms with van der Waals surface area (Å²) < 4.78 is 5.10. The number of nitrogens with zero attached hydrogens (tertiary/aromatic N) is 1. The van der Waals surface area contributed by atoms with Gasteiger partial charge in [0.15, 0.2) is 0 Å². The van der Waals surface area contributed by atoms with Crippen LogP contribution in [0.15, 0.2) is 218 Å². The molecule has 4 unspecified atom stereocenters. The zero-order valence-electron chi connectivity index (χ0n) is 47.9. The molecule has 82 heavy (non-hydrogen) atoms. The summed E-state index contributed by atoms with van der Waals surface area (Å²) in [5, 5.41) is 5.05. The molecule has 0 bridgehead atoms. The Morgan fingerprint density at radius 3 is 1.79 bits per heavy atom.